The highest BCUT2D eigenvalue weighted by Gasteiger charge is 2.15. The normalized spacial score (nSPS) is 10.4. The summed E-state index contributed by atoms with van der Waals surface area (Å²) in [6.07, 6.45) is 4.49. The molecule has 0 spiro atoms. The number of likely N-dealkylation sites (N-methyl/N-ethyl adjacent to an activating group) is 1. The maximum Gasteiger partial charge on any atom is 0.250 e. The lowest BCUT2D eigenvalue weighted by atomic mass is 10.0. The number of hydrogen-bond acceptors (Lipinski definition) is 4. The molecule has 6 heteroatoms. The van der Waals surface area contributed by atoms with Crippen LogP contribution < -0.4 is 10.6 Å². The Kier molecular flexibility index (Phi) is 4.26. The predicted octanol–water partition coefficient (Wildman–Crippen LogP) is 2.54. The van der Waals surface area contributed by atoms with Crippen molar-refractivity contribution in [1.82, 2.24) is 9.97 Å². The third-order valence-corrected chi connectivity index (χ3v) is 3.93. The fourth-order valence-electron chi connectivity index (χ4n) is 2.66. The molecule has 0 saturated carbocycles. The van der Waals surface area contributed by atoms with Crippen molar-refractivity contribution in [2.75, 3.05) is 11.9 Å². The van der Waals surface area contributed by atoms with Crippen molar-refractivity contribution < 1.29 is 9.59 Å². The second kappa shape index (κ2) is 6.52. The number of nitrogens with two attached hydrogens (primary N) is 1. The number of anilines is 1. The van der Waals surface area contributed by atoms with Gasteiger partial charge in [-0.15, -0.1) is 0 Å². The molecule has 0 unspecified atom stereocenters. The molecule has 3 rings (SSSR count). The van der Waals surface area contributed by atoms with Crippen molar-refractivity contribution in [1.29, 1.82) is 0 Å². The van der Waals surface area contributed by atoms with Gasteiger partial charge in [-0.3, -0.25) is 19.6 Å². The van der Waals surface area contributed by atoms with Gasteiger partial charge in [0, 0.05) is 30.4 Å². The minimum absolute atomic E-state index is 0.228. The van der Waals surface area contributed by atoms with Crippen molar-refractivity contribution in [3.05, 3.63) is 67.0 Å². The van der Waals surface area contributed by atoms with Gasteiger partial charge in [-0.2, -0.15) is 0 Å². The van der Waals surface area contributed by atoms with Crippen LogP contribution in [0.4, 0.5) is 5.69 Å². The molecule has 0 radical (unpaired) electrons. The summed E-state index contributed by atoms with van der Waals surface area (Å²) in [6.45, 7) is 3.52. The highest BCUT2D eigenvalue weighted by molar-refractivity contribution is 6.07. The molecule has 2 heterocycles. The largest absolute Gasteiger partial charge is 0.366 e. The monoisotopic (exact) mass is 332 g/mol. The Morgan fingerprint density at radius 3 is 2.68 bits per heavy atom. The van der Waals surface area contributed by atoms with E-state index in [1.165, 1.54) is 11.0 Å². The fraction of sp³-hybridized carbons (Fsp3) is 0.0526. The third-order valence-electron chi connectivity index (χ3n) is 3.93. The molecule has 2 N–H and O–H groups in total. The van der Waals surface area contributed by atoms with E-state index in [-0.39, 0.29) is 5.91 Å². The van der Waals surface area contributed by atoms with Gasteiger partial charge >= 0.3 is 0 Å². The van der Waals surface area contributed by atoms with E-state index in [9.17, 15) is 9.59 Å². The molecule has 0 aliphatic rings. The Morgan fingerprint density at radius 2 is 1.96 bits per heavy atom. The van der Waals surface area contributed by atoms with Crippen molar-refractivity contribution in [3.8, 4) is 11.3 Å². The summed E-state index contributed by atoms with van der Waals surface area (Å²) in [5, 5.41) is 0.763. The summed E-state index contributed by atoms with van der Waals surface area (Å²) in [5.41, 5.74) is 8.40. The van der Waals surface area contributed by atoms with Crippen LogP contribution in [0.3, 0.4) is 0 Å². The number of hydrogen-bond donors (Lipinski definition) is 1. The highest BCUT2D eigenvalue weighted by atomic mass is 16.2. The van der Waals surface area contributed by atoms with Crippen molar-refractivity contribution in [3.63, 3.8) is 0 Å². The highest BCUT2D eigenvalue weighted by Crippen LogP contribution is 2.30. The Hall–Kier alpha value is -3.54. The van der Waals surface area contributed by atoms with Crippen LogP contribution in [0.2, 0.25) is 0 Å². The zero-order chi connectivity index (χ0) is 18.0. The maximum atomic E-state index is 12.0. The molecular weight excluding hydrogens is 316 g/mol. The Balaban J connectivity index is 2.22. The lowest BCUT2D eigenvalue weighted by Gasteiger charge is -2.18. The van der Waals surface area contributed by atoms with Crippen LogP contribution in [0.5, 0.6) is 0 Å². The topological polar surface area (TPSA) is 89.2 Å². The zero-order valence-corrected chi connectivity index (χ0v) is 13.6. The fourth-order valence-corrected chi connectivity index (χ4v) is 2.66. The summed E-state index contributed by atoms with van der Waals surface area (Å²) in [7, 11) is 1.67. The number of fused-ring (bicyclic) bond motifs is 1. The molecule has 6 nitrogen and oxygen atoms in total. The van der Waals surface area contributed by atoms with Crippen LogP contribution in [0.25, 0.3) is 22.2 Å². The number of amides is 2. The Morgan fingerprint density at radius 1 is 1.16 bits per heavy atom. The molecule has 1 aromatic carbocycles. The van der Waals surface area contributed by atoms with Gasteiger partial charge in [0.15, 0.2) is 0 Å². The molecule has 0 aliphatic heterocycles. The quantitative estimate of drug-likeness (QED) is 0.744. The number of nitrogens with zero attached hydrogens (tertiary/aromatic N) is 3. The first-order chi connectivity index (χ1) is 12.0. The Bertz CT molecular complexity index is 998. The maximum absolute atomic E-state index is 12.0. The van der Waals surface area contributed by atoms with E-state index in [0.717, 1.165) is 16.5 Å². The van der Waals surface area contributed by atoms with E-state index in [0.29, 0.717) is 16.9 Å². The van der Waals surface area contributed by atoms with Crippen molar-refractivity contribution in [2.45, 2.75) is 0 Å². The van der Waals surface area contributed by atoms with E-state index >= 15 is 0 Å². The summed E-state index contributed by atoms with van der Waals surface area (Å²) >= 11 is 0. The average Bonchev–Trinajstić information content (AvgIpc) is 2.65. The van der Waals surface area contributed by atoms with Gasteiger partial charge in [-0.05, 0) is 36.4 Å². The molecule has 0 atom stereocenters. The molecule has 2 amide bonds. The molecule has 3 aromatic rings. The molecule has 0 fully saturated rings. The van der Waals surface area contributed by atoms with Crippen molar-refractivity contribution in [2.24, 2.45) is 5.73 Å². The summed E-state index contributed by atoms with van der Waals surface area (Å²) in [6, 6.07) is 10.5. The third kappa shape index (κ3) is 2.97. The zero-order valence-electron chi connectivity index (χ0n) is 13.6. The van der Waals surface area contributed by atoms with Gasteiger partial charge in [-0.25, -0.2) is 0 Å². The number of rotatable bonds is 4. The SMILES string of the molecule is C=CC(=O)N(C)c1ccnc2ccc(-c3ncccc3C(N)=O)cc12. The predicted molar refractivity (Wildman–Crippen MR) is 97.1 cm³/mol. The van der Waals surface area contributed by atoms with Gasteiger partial charge in [-0.1, -0.05) is 12.6 Å². The summed E-state index contributed by atoms with van der Waals surface area (Å²) in [5.74, 6) is -0.776. The minimum atomic E-state index is -0.548. The summed E-state index contributed by atoms with van der Waals surface area (Å²) < 4.78 is 0. The first-order valence-corrected chi connectivity index (χ1v) is 7.57. The number of pyridine rings is 2. The average molecular weight is 332 g/mol. The van der Waals surface area contributed by atoms with Gasteiger partial charge in [0.1, 0.15) is 0 Å². The van der Waals surface area contributed by atoms with Gasteiger partial charge in [0.05, 0.1) is 22.5 Å². The molecule has 0 aliphatic carbocycles. The van der Waals surface area contributed by atoms with Crippen LogP contribution in [-0.2, 0) is 4.79 Å². The van der Waals surface area contributed by atoms with E-state index in [1.807, 2.05) is 18.2 Å². The number of benzene rings is 1. The van der Waals surface area contributed by atoms with E-state index in [1.54, 1.807) is 37.6 Å². The first kappa shape index (κ1) is 16.3. The number of primary amides is 1. The molecule has 25 heavy (non-hydrogen) atoms. The van der Waals surface area contributed by atoms with Gasteiger partial charge in [0.25, 0.3) is 5.91 Å². The van der Waals surface area contributed by atoms with Gasteiger partial charge in [0.2, 0.25) is 5.91 Å². The van der Waals surface area contributed by atoms with Crippen LogP contribution in [0.1, 0.15) is 10.4 Å². The molecule has 2 aromatic heterocycles. The molecule has 0 bridgehead atoms. The van der Waals surface area contributed by atoms with Crippen LogP contribution >= 0.6 is 0 Å². The van der Waals surface area contributed by atoms with Crippen LogP contribution in [0, 0.1) is 0 Å². The van der Waals surface area contributed by atoms with E-state index in [2.05, 4.69) is 16.5 Å². The lowest BCUT2D eigenvalue weighted by Crippen LogP contribution is -2.24. The number of carbonyl (C=O) groups is 2. The Labute approximate surface area is 144 Å². The van der Waals surface area contributed by atoms with E-state index in [4.69, 9.17) is 5.73 Å². The summed E-state index contributed by atoms with van der Waals surface area (Å²) in [4.78, 5) is 33.7. The number of carbonyl (C=O) groups excluding carboxylic acids is 2. The number of aromatic nitrogens is 2. The van der Waals surface area contributed by atoms with Gasteiger partial charge < -0.3 is 10.6 Å². The van der Waals surface area contributed by atoms with Crippen LogP contribution in [0.15, 0.2) is 61.4 Å². The second-order valence-electron chi connectivity index (χ2n) is 5.43. The second-order valence-corrected chi connectivity index (χ2v) is 5.43. The van der Waals surface area contributed by atoms with E-state index < -0.39 is 5.91 Å². The van der Waals surface area contributed by atoms with Crippen molar-refractivity contribution >= 4 is 28.4 Å². The molecule has 124 valence electrons. The molecule has 0 saturated heterocycles. The smallest absolute Gasteiger partial charge is 0.250 e. The minimum Gasteiger partial charge on any atom is -0.366 e. The standard InChI is InChI=1S/C19H16N4O2/c1-3-17(24)23(2)16-8-10-21-15-7-6-12(11-14(15)16)18-13(19(20)25)5-4-9-22-18/h3-11H,1H2,2H3,(H2,20,25). The van der Waals surface area contributed by atoms with Crippen LogP contribution in [-0.4, -0.2) is 28.8 Å². The lowest BCUT2D eigenvalue weighted by molar-refractivity contribution is -0.113. The first-order valence-electron chi connectivity index (χ1n) is 7.57. The molecular formula is C19H16N4O2.